The minimum atomic E-state index is -0.584. The summed E-state index contributed by atoms with van der Waals surface area (Å²) in [5, 5.41) is 0. The van der Waals surface area contributed by atoms with Crippen molar-refractivity contribution in [3.63, 3.8) is 0 Å². The summed E-state index contributed by atoms with van der Waals surface area (Å²) in [7, 11) is 0. The van der Waals surface area contributed by atoms with Crippen molar-refractivity contribution in [3.05, 3.63) is 0 Å². The lowest BCUT2D eigenvalue weighted by Gasteiger charge is -2.41. The first-order valence-electron chi connectivity index (χ1n) is 7.68. The number of likely N-dealkylation sites (tertiary alicyclic amines) is 2. The molecule has 0 aromatic carbocycles. The zero-order valence-electron chi connectivity index (χ0n) is 13.7. The second-order valence-corrected chi connectivity index (χ2v) is 7.21. The van der Waals surface area contributed by atoms with Gasteiger partial charge in [-0.05, 0) is 33.1 Å². The normalized spacial score (nSPS) is 28.3. The zero-order chi connectivity index (χ0) is 16.7. The summed E-state index contributed by atoms with van der Waals surface area (Å²) in [5.41, 5.74) is 4.77. The van der Waals surface area contributed by atoms with Crippen molar-refractivity contribution >= 4 is 17.9 Å². The summed E-state index contributed by atoms with van der Waals surface area (Å²) >= 11 is 0. The molecule has 7 nitrogen and oxygen atoms in total. The van der Waals surface area contributed by atoms with Crippen LogP contribution in [0.3, 0.4) is 0 Å². The van der Waals surface area contributed by atoms with Crippen LogP contribution in [0.25, 0.3) is 0 Å². The topological polar surface area (TPSA) is 92.9 Å². The monoisotopic (exact) mass is 311 g/mol. The number of carbonyl (C=O) groups is 3. The first kappa shape index (κ1) is 16.6. The van der Waals surface area contributed by atoms with Crippen LogP contribution in [0.15, 0.2) is 0 Å². The van der Waals surface area contributed by atoms with Gasteiger partial charge in [-0.3, -0.25) is 14.5 Å². The minimum Gasteiger partial charge on any atom is -0.444 e. The van der Waals surface area contributed by atoms with E-state index in [0.29, 0.717) is 26.1 Å². The molecule has 0 spiro atoms. The van der Waals surface area contributed by atoms with Gasteiger partial charge in [0.05, 0.1) is 5.92 Å². The molecule has 0 unspecified atom stereocenters. The fourth-order valence-electron chi connectivity index (χ4n) is 2.91. The Bertz CT molecular complexity index is 486. The Kier molecular flexibility index (Phi) is 4.35. The van der Waals surface area contributed by atoms with Crippen molar-refractivity contribution in [2.24, 2.45) is 17.6 Å². The number of ether oxygens (including phenoxy) is 1. The molecule has 0 aromatic heterocycles. The van der Waals surface area contributed by atoms with Crippen molar-refractivity contribution in [1.29, 1.82) is 0 Å². The van der Waals surface area contributed by atoms with Gasteiger partial charge in [-0.2, -0.15) is 0 Å². The summed E-state index contributed by atoms with van der Waals surface area (Å²) in [6.07, 6.45) is 0.167. The molecule has 7 heteroatoms. The third kappa shape index (κ3) is 3.34. The fraction of sp³-hybridized carbons (Fsp3) is 0.800. The quantitative estimate of drug-likeness (QED) is 0.807. The zero-order valence-corrected chi connectivity index (χ0v) is 13.7. The van der Waals surface area contributed by atoms with Gasteiger partial charge in [0.2, 0.25) is 11.8 Å². The Balaban J connectivity index is 1.96. The molecule has 3 amide bonds. The van der Waals surface area contributed by atoms with E-state index in [0.717, 1.165) is 0 Å². The van der Waals surface area contributed by atoms with Crippen LogP contribution in [-0.2, 0) is 14.3 Å². The molecular weight excluding hydrogens is 286 g/mol. The van der Waals surface area contributed by atoms with E-state index in [9.17, 15) is 14.4 Å². The highest BCUT2D eigenvalue weighted by atomic mass is 16.6. The molecule has 3 atom stereocenters. The van der Waals surface area contributed by atoms with E-state index >= 15 is 0 Å². The van der Waals surface area contributed by atoms with Crippen LogP contribution in [0.2, 0.25) is 0 Å². The first-order valence-corrected chi connectivity index (χ1v) is 7.68. The highest BCUT2D eigenvalue weighted by molar-refractivity contribution is 5.88. The summed E-state index contributed by atoms with van der Waals surface area (Å²) in [4.78, 5) is 39.1. The number of hydrogen-bond acceptors (Lipinski definition) is 4. The van der Waals surface area contributed by atoms with Gasteiger partial charge in [-0.1, -0.05) is 6.92 Å². The fourth-order valence-corrected chi connectivity index (χ4v) is 2.91. The minimum absolute atomic E-state index is 0.0523. The molecule has 0 bridgehead atoms. The molecule has 22 heavy (non-hydrogen) atoms. The summed E-state index contributed by atoms with van der Waals surface area (Å²) < 4.78 is 5.31. The third-order valence-corrected chi connectivity index (χ3v) is 4.22. The molecule has 2 saturated heterocycles. The van der Waals surface area contributed by atoms with Crippen LogP contribution in [0.4, 0.5) is 4.79 Å². The average molecular weight is 311 g/mol. The maximum Gasteiger partial charge on any atom is 0.410 e. The Morgan fingerprint density at radius 2 is 1.82 bits per heavy atom. The lowest BCUT2D eigenvalue weighted by molar-refractivity contribution is -0.140. The van der Waals surface area contributed by atoms with Gasteiger partial charge < -0.3 is 15.4 Å². The van der Waals surface area contributed by atoms with E-state index in [4.69, 9.17) is 10.5 Å². The SMILES string of the molecule is C[C@@H]1CN(C(=O)[C@H]2CCN2C(=O)OC(C)(C)C)C[C@H]1C(N)=O. The molecule has 2 heterocycles. The second kappa shape index (κ2) is 5.78. The molecule has 2 N–H and O–H groups in total. The van der Waals surface area contributed by atoms with Crippen molar-refractivity contribution < 1.29 is 19.1 Å². The number of nitrogens with two attached hydrogens (primary N) is 1. The van der Waals surface area contributed by atoms with Gasteiger partial charge >= 0.3 is 6.09 Å². The number of primary amides is 1. The van der Waals surface area contributed by atoms with Gasteiger partial charge in [0.1, 0.15) is 11.6 Å². The Hall–Kier alpha value is -1.79. The van der Waals surface area contributed by atoms with Crippen LogP contribution in [-0.4, -0.2) is 59.0 Å². The number of nitrogens with zero attached hydrogens (tertiary/aromatic N) is 2. The van der Waals surface area contributed by atoms with Crippen LogP contribution in [0.1, 0.15) is 34.1 Å². The average Bonchev–Trinajstić information content (AvgIpc) is 2.67. The molecule has 2 rings (SSSR count). The standard InChI is InChI=1S/C15H25N3O4/c1-9-7-17(8-10(9)12(16)19)13(20)11-5-6-18(11)14(21)22-15(2,3)4/h9-11H,5-8H2,1-4H3,(H2,16,19)/t9-,10-,11-/m1/s1. The third-order valence-electron chi connectivity index (χ3n) is 4.22. The molecule has 0 saturated carbocycles. The van der Waals surface area contributed by atoms with E-state index in [1.54, 1.807) is 25.7 Å². The van der Waals surface area contributed by atoms with E-state index in [2.05, 4.69) is 0 Å². The molecule has 0 aliphatic carbocycles. The second-order valence-electron chi connectivity index (χ2n) is 7.21. The highest BCUT2D eigenvalue weighted by Gasteiger charge is 2.45. The van der Waals surface area contributed by atoms with E-state index in [1.165, 1.54) is 4.90 Å². The molecule has 0 radical (unpaired) electrons. The molecule has 2 fully saturated rings. The number of hydrogen-bond donors (Lipinski definition) is 1. The van der Waals surface area contributed by atoms with E-state index in [-0.39, 0.29) is 23.7 Å². The van der Waals surface area contributed by atoms with Crippen molar-refractivity contribution in [1.82, 2.24) is 9.80 Å². The van der Waals surface area contributed by atoms with E-state index in [1.807, 2.05) is 6.92 Å². The Morgan fingerprint density at radius 1 is 1.18 bits per heavy atom. The summed E-state index contributed by atoms with van der Waals surface area (Å²) in [6, 6.07) is -0.478. The van der Waals surface area contributed by atoms with Crippen LogP contribution < -0.4 is 5.73 Å². The van der Waals surface area contributed by atoms with Crippen molar-refractivity contribution in [2.45, 2.75) is 45.8 Å². The Labute approximate surface area is 130 Å². The number of carbonyl (C=O) groups excluding carboxylic acids is 3. The largest absolute Gasteiger partial charge is 0.444 e. The van der Waals surface area contributed by atoms with Gasteiger partial charge in [0.25, 0.3) is 0 Å². The van der Waals surface area contributed by atoms with Crippen LogP contribution in [0, 0.1) is 11.8 Å². The molecule has 0 aromatic rings. The Morgan fingerprint density at radius 3 is 2.23 bits per heavy atom. The smallest absolute Gasteiger partial charge is 0.410 e. The van der Waals surface area contributed by atoms with Crippen LogP contribution in [0.5, 0.6) is 0 Å². The first-order chi connectivity index (χ1) is 10.1. The lowest BCUT2D eigenvalue weighted by atomic mass is 9.98. The van der Waals surface area contributed by atoms with Crippen molar-refractivity contribution in [3.8, 4) is 0 Å². The predicted octanol–water partition coefficient (Wildman–Crippen LogP) is 0.576. The molecule has 124 valence electrons. The van der Waals surface area contributed by atoms with Gasteiger partial charge in [0.15, 0.2) is 0 Å². The molecule has 2 aliphatic rings. The maximum absolute atomic E-state index is 12.5. The molecule has 2 aliphatic heterocycles. The summed E-state index contributed by atoms with van der Waals surface area (Å²) in [5.74, 6) is -0.747. The summed E-state index contributed by atoms with van der Waals surface area (Å²) in [6.45, 7) is 8.66. The number of rotatable bonds is 2. The van der Waals surface area contributed by atoms with Gasteiger partial charge in [0, 0.05) is 19.6 Å². The molecular formula is C15H25N3O4. The highest BCUT2D eigenvalue weighted by Crippen LogP contribution is 2.28. The van der Waals surface area contributed by atoms with Crippen molar-refractivity contribution in [2.75, 3.05) is 19.6 Å². The predicted molar refractivity (Wildman–Crippen MR) is 79.8 cm³/mol. The van der Waals surface area contributed by atoms with E-state index < -0.39 is 17.7 Å². The van der Waals surface area contributed by atoms with Gasteiger partial charge in [-0.15, -0.1) is 0 Å². The van der Waals surface area contributed by atoms with Gasteiger partial charge in [-0.25, -0.2) is 4.79 Å². The lowest BCUT2D eigenvalue weighted by Crippen LogP contribution is -2.59. The maximum atomic E-state index is 12.5. The van der Waals surface area contributed by atoms with Crippen LogP contribution >= 0.6 is 0 Å². The number of amides is 3.